The Morgan fingerprint density at radius 2 is 2.05 bits per heavy atom. The second-order valence-corrected chi connectivity index (χ2v) is 6.43. The Labute approximate surface area is 116 Å². The summed E-state index contributed by atoms with van der Waals surface area (Å²) in [5.74, 6) is -0.500. The first kappa shape index (κ1) is 16.3. The maximum atomic E-state index is 12.0. The molecule has 0 saturated carbocycles. The molecule has 0 aromatic heterocycles. The molecule has 20 heavy (non-hydrogen) atoms. The molecule has 0 spiro atoms. The summed E-state index contributed by atoms with van der Waals surface area (Å²) in [7, 11) is -3.91. The molecule has 9 heteroatoms. The van der Waals surface area contributed by atoms with E-state index < -0.39 is 26.4 Å². The molecule has 1 aromatic rings. The number of hydrogen-bond donors (Lipinski definition) is 3. The van der Waals surface area contributed by atoms with Crippen LogP contribution in [-0.4, -0.2) is 31.0 Å². The molecule has 1 atom stereocenters. The molecule has 112 valence electrons. The second kappa shape index (κ2) is 6.16. The first-order valence-electron chi connectivity index (χ1n) is 5.88. The Balaban J connectivity index is 2.99. The van der Waals surface area contributed by atoms with Gasteiger partial charge in [-0.25, -0.2) is 13.1 Å². The van der Waals surface area contributed by atoms with Gasteiger partial charge in [-0.05, 0) is 18.1 Å². The lowest BCUT2D eigenvalue weighted by Crippen LogP contribution is -2.40. The monoisotopic (exact) mass is 303 g/mol. The Hall–Kier alpha value is -1.71. The quantitative estimate of drug-likeness (QED) is 0.519. The Morgan fingerprint density at radius 3 is 2.55 bits per heavy atom. The van der Waals surface area contributed by atoms with E-state index in [1.807, 2.05) is 13.8 Å². The van der Waals surface area contributed by atoms with Crippen molar-refractivity contribution < 1.29 is 18.4 Å². The number of aromatic hydroxyl groups is 1. The van der Waals surface area contributed by atoms with Crippen LogP contribution in [0.2, 0.25) is 0 Å². The lowest BCUT2D eigenvalue weighted by Gasteiger charge is -2.16. The van der Waals surface area contributed by atoms with Crippen molar-refractivity contribution in [2.24, 2.45) is 11.7 Å². The van der Waals surface area contributed by atoms with Crippen LogP contribution in [0.1, 0.15) is 13.8 Å². The van der Waals surface area contributed by atoms with Crippen molar-refractivity contribution in [3.05, 3.63) is 28.3 Å². The standard InChI is InChI=1S/C11H17N3O5S/c1-7(2)9(12)6-13-20(18,19)8-3-4-11(15)10(5-8)14(16)17/h3-5,7,9,13,15H,6,12H2,1-2H3. The van der Waals surface area contributed by atoms with Crippen LogP contribution >= 0.6 is 0 Å². The molecule has 4 N–H and O–H groups in total. The highest BCUT2D eigenvalue weighted by Crippen LogP contribution is 2.28. The van der Waals surface area contributed by atoms with Crippen LogP contribution in [0, 0.1) is 16.0 Å². The zero-order chi connectivity index (χ0) is 15.5. The third kappa shape index (κ3) is 3.89. The van der Waals surface area contributed by atoms with Crippen molar-refractivity contribution in [2.75, 3.05) is 6.54 Å². The van der Waals surface area contributed by atoms with Crippen molar-refractivity contribution in [3.8, 4) is 5.75 Å². The molecule has 0 aliphatic carbocycles. The number of nitrogens with one attached hydrogen (secondary N) is 1. The van der Waals surface area contributed by atoms with Gasteiger partial charge in [0.1, 0.15) is 0 Å². The number of phenols is 1. The van der Waals surface area contributed by atoms with Gasteiger partial charge in [0, 0.05) is 18.7 Å². The maximum Gasteiger partial charge on any atom is 0.312 e. The van der Waals surface area contributed by atoms with Gasteiger partial charge in [0.15, 0.2) is 5.75 Å². The number of rotatable bonds is 6. The molecule has 1 unspecified atom stereocenters. The van der Waals surface area contributed by atoms with E-state index in [2.05, 4.69) is 4.72 Å². The van der Waals surface area contributed by atoms with E-state index in [4.69, 9.17) is 5.73 Å². The number of nitro groups is 1. The highest BCUT2D eigenvalue weighted by atomic mass is 32.2. The van der Waals surface area contributed by atoms with Crippen LogP contribution < -0.4 is 10.5 Å². The molecule has 0 fully saturated rings. The molecule has 0 aliphatic heterocycles. The van der Waals surface area contributed by atoms with Gasteiger partial charge in [0.25, 0.3) is 0 Å². The number of nitro benzene ring substituents is 1. The molecule has 1 rings (SSSR count). The zero-order valence-electron chi connectivity index (χ0n) is 11.1. The fraction of sp³-hybridized carbons (Fsp3) is 0.455. The van der Waals surface area contributed by atoms with Crippen molar-refractivity contribution in [2.45, 2.75) is 24.8 Å². The van der Waals surface area contributed by atoms with Gasteiger partial charge >= 0.3 is 5.69 Å². The summed E-state index contributed by atoms with van der Waals surface area (Å²) in [6.45, 7) is 3.73. The van der Waals surface area contributed by atoms with E-state index in [-0.39, 0.29) is 23.4 Å². The molecular formula is C11H17N3O5S. The number of nitrogens with zero attached hydrogens (tertiary/aromatic N) is 1. The highest BCUT2D eigenvalue weighted by Gasteiger charge is 2.22. The molecule has 0 heterocycles. The molecule has 0 saturated heterocycles. The minimum Gasteiger partial charge on any atom is -0.502 e. The number of sulfonamides is 1. The van der Waals surface area contributed by atoms with Gasteiger partial charge < -0.3 is 10.8 Å². The topological polar surface area (TPSA) is 136 Å². The van der Waals surface area contributed by atoms with Crippen molar-refractivity contribution in [1.29, 1.82) is 0 Å². The van der Waals surface area contributed by atoms with E-state index in [0.29, 0.717) is 0 Å². The first-order chi connectivity index (χ1) is 9.15. The fourth-order valence-electron chi connectivity index (χ4n) is 1.34. The second-order valence-electron chi connectivity index (χ2n) is 4.67. The largest absolute Gasteiger partial charge is 0.502 e. The SMILES string of the molecule is CC(C)C(N)CNS(=O)(=O)c1ccc(O)c([N+](=O)[O-])c1. The lowest BCUT2D eigenvalue weighted by atomic mass is 10.1. The third-order valence-electron chi connectivity index (χ3n) is 2.82. The average Bonchev–Trinajstić information content (AvgIpc) is 2.35. The summed E-state index contributed by atoms with van der Waals surface area (Å²) in [4.78, 5) is 9.52. The summed E-state index contributed by atoms with van der Waals surface area (Å²) >= 11 is 0. The lowest BCUT2D eigenvalue weighted by molar-refractivity contribution is -0.386. The number of hydrogen-bond acceptors (Lipinski definition) is 6. The van der Waals surface area contributed by atoms with E-state index in [0.717, 1.165) is 18.2 Å². The minimum absolute atomic E-state index is 0.0225. The molecule has 0 bridgehead atoms. The first-order valence-corrected chi connectivity index (χ1v) is 7.36. The Kier molecular flexibility index (Phi) is 5.03. The summed E-state index contributed by atoms with van der Waals surface area (Å²) in [5, 5.41) is 20.0. The molecule has 1 aromatic carbocycles. The molecular weight excluding hydrogens is 286 g/mol. The predicted octanol–water partition coefficient (Wildman–Crippen LogP) is 0.562. The van der Waals surface area contributed by atoms with Crippen LogP contribution in [0.4, 0.5) is 5.69 Å². The summed E-state index contributed by atoms with van der Waals surface area (Å²) in [6.07, 6.45) is 0. The van der Waals surface area contributed by atoms with Crippen molar-refractivity contribution in [1.82, 2.24) is 4.72 Å². The van der Waals surface area contributed by atoms with Crippen LogP contribution in [0.3, 0.4) is 0 Å². The molecule has 8 nitrogen and oxygen atoms in total. The third-order valence-corrected chi connectivity index (χ3v) is 4.24. The van der Waals surface area contributed by atoms with Gasteiger partial charge in [-0.2, -0.15) is 0 Å². The van der Waals surface area contributed by atoms with E-state index >= 15 is 0 Å². The van der Waals surface area contributed by atoms with Gasteiger partial charge in [-0.1, -0.05) is 13.8 Å². The summed E-state index contributed by atoms with van der Waals surface area (Å²) in [6, 6.07) is 2.50. The van der Waals surface area contributed by atoms with Crippen molar-refractivity contribution in [3.63, 3.8) is 0 Å². The van der Waals surface area contributed by atoms with Crippen LogP contribution in [0.5, 0.6) is 5.75 Å². The number of nitrogens with two attached hydrogens (primary N) is 1. The van der Waals surface area contributed by atoms with Gasteiger partial charge in [0.05, 0.1) is 9.82 Å². The van der Waals surface area contributed by atoms with Crippen LogP contribution in [0.25, 0.3) is 0 Å². The fourth-order valence-corrected chi connectivity index (χ4v) is 2.43. The minimum atomic E-state index is -3.91. The van der Waals surface area contributed by atoms with E-state index in [1.54, 1.807) is 0 Å². The zero-order valence-corrected chi connectivity index (χ0v) is 11.9. The van der Waals surface area contributed by atoms with Crippen molar-refractivity contribution >= 4 is 15.7 Å². The van der Waals surface area contributed by atoms with E-state index in [9.17, 15) is 23.6 Å². The summed E-state index contributed by atoms with van der Waals surface area (Å²) in [5.41, 5.74) is 5.06. The smallest absolute Gasteiger partial charge is 0.312 e. The van der Waals surface area contributed by atoms with Gasteiger partial charge in [0.2, 0.25) is 10.0 Å². The average molecular weight is 303 g/mol. The molecule has 0 aliphatic rings. The van der Waals surface area contributed by atoms with E-state index in [1.165, 1.54) is 0 Å². The Bertz CT molecular complexity index is 600. The predicted molar refractivity (Wildman–Crippen MR) is 72.8 cm³/mol. The highest BCUT2D eigenvalue weighted by molar-refractivity contribution is 7.89. The Morgan fingerprint density at radius 1 is 1.45 bits per heavy atom. The maximum absolute atomic E-state index is 12.0. The van der Waals surface area contributed by atoms with Gasteiger partial charge in [-0.3, -0.25) is 10.1 Å². The van der Waals surface area contributed by atoms with Crippen LogP contribution in [0.15, 0.2) is 23.1 Å². The summed E-state index contributed by atoms with van der Waals surface area (Å²) < 4.78 is 26.2. The molecule has 0 radical (unpaired) electrons. The van der Waals surface area contributed by atoms with Gasteiger partial charge in [-0.15, -0.1) is 0 Å². The van der Waals surface area contributed by atoms with Crippen LogP contribution in [-0.2, 0) is 10.0 Å². The number of phenolic OH excluding ortho intramolecular Hbond substituents is 1. The normalized spacial score (nSPS) is 13.4. The number of benzene rings is 1. The molecule has 0 amide bonds.